The van der Waals surface area contributed by atoms with Crippen molar-refractivity contribution in [2.24, 2.45) is 0 Å². The van der Waals surface area contributed by atoms with Crippen LogP contribution >= 0.6 is 0 Å². The number of aromatic nitrogens is 2. The Morgan fingerprint density at radius 3 is 3.07 bits per heavy atom. The molecule has 4 heteroatoms. The quantitative estimate of drug-likeness (QED) is 0.687. The van der Waals surface area contributed by atoms with Crippen LogP contribution in [0.15, 0.2) is 12.1 Å². The number of aryl methyl sites for hydroxylation is 1. The fourth-order valence-corrected chi connectivity index (χ4v) is 1.70. The van der Waals surface area contributed by atoms with Crippen molar-refractivity contribution < 1.29 is 9.47 Å². The van der Waals surface area contributed by atoms with E-state index in [0.717, 1.165) is 28.4 Å². The van der Waals surface area contributed by atoms with Crippen LogP contribution in [0.1, 0.15) is 5.82 Å². The summed E-state index contributed by atoms with van der Waals surface area (Å²) < 4.78 is 11.0. The molecule has 0 unspecified atom stereocenters. The first kappa shape index (κ1) is 7.67. The minimum Gasteiger partial charge on any atom is -0.486 e. The van der Waals surface area contributed by atoms with Crippen LogP contribution < -0.4 is 9.47 Å². The predicted molar refractivity (Wildman–Crippen MR) is 51.8 cm³/mol. The van der Waals surface area contributed by atoms with Crippen LogP contribution in [-0.4, -0.2) is 23.2 Å². The predicted octanol–water partition coefficient (Wildman–Crippen LogP) is 1.64. The number of ether oxygens (including phenoxy) is 2. The molecule has 0 spiro atoms. The van der Waals surface area contributed by atoms with E-state index in [1.165, 1.54) is 0 Å². The van der Waals surface area contributed by atoms with Crippen LogP contribution in [0.5, 0.6) is 11.5 Å². The van der Waals surface area contributed by atoms with Crippen LogP contribution in [0.4, 0.5) is 0 Å². The van der Waals surface area contributed by atoms with Crippen molar-refractivity contribution in [2.75, 3.05) is 13.2 Å². The Kier molecular flexibility index (Phi) is 1.45. The lowest BCUT2D eigenvalue weighted by Gasteiger charge is -2.17. The second-order valence-corrected chi connectivity index (χ2v) is 3.31. The number of hydrogen-bond donors (Lipinski definition) is 1. The van der Waals surface area contributed by atoms with Gasteiger partial charge in [0.25, 0.3) is 0 Å². The maximum absolute atomic E-state index is 5.54. The second-order valence-electron chi connectivity index (χ2n) is 3.31. The molecule has 0 amide bonds. The average Bonchev–Trinajstić information content (AvgIpc) is 2.59. The zero-order valence-electron chi connectivity index (χ0n) is 7.83. The van der Waals surface area contributed by atoms with Gasteiger partial charge >= 0.3 is 0 Å². The van der Waals surface area contributed by atoms with E-state index in [9.17, 15) is 0 Å². The molecule has 14 heavy (non-hydrogen) atoms. The Bertz CT molecular complexity index is 490. The lowest BCUT2D eigenvalue weighted by atomic mass is 10.2. The summed E-state index contributed by atoms with van der Waals surface area (Å²) in [5, 5.41) is 0. The smallest absolute Gasteiger partial charge is 0.189 e. The van der Waals surface area contributed by atoms with Crippen LogP contribution in [0.3, 0.4) is 0 Å². The zero-order chi connectivity index (χ0) is 9.54. The first-order valence-electron chi connectivity index (χ1n) is 4.59. The van der Waals surface area contributed by atoms with E-state index in [0.29, 0.717) is 13.2 Å². The highest BCUT2D eigenvalue weighted by Crippen LogP contribution is 2.36. The molecule has 0 bridgehead atoms. The molecule has 1 aliphatic rings. The number of benzene rings is 1. The third kappa shape index (κ3) is 0.968. The number of H-pyrrole nitrogens is 1. The van der Waals surface area contributed by atoms with Gasteiger partial charge in [0.1, 0.15) is 24.6 Å². The van der Waals surface area contributed by atoms with E-state index in [4.69, 9.17) is 9.47 Å². The van der Waals surface area contributed by atoms with Gasteiger partial charge in [-0.2, -0.15) is 0 Å². The Labute approximate surface area is 80.9 Å². The molecule has 1 N–H and O–H groups in total. The molecule has 1 aromatic heterocycles. The van der Waals surface area contributed by atoms with Crippen molar-refractivity contribution in [2.45, 2.75) is 6.92 Å². The largest absolute Gasteiger partial charge is 0.486 e. The van der Waals surface area contributed by atoms with Gasteiger partial charge in [-0.05, 0) is 19.1 Å². The molecule has 0 fully saturated rings. The topological polar surface area (TPSA) is 47.1 Å². The van der Waals surface area contributed by atoms with Crippen molar-refractivity contribution in [1.82, 2.24) is 9.97 Å². The molecule has 0 saturated heterocycles. The molecule has 0 saturated carbocycles. The van der Waals surface area contributed by atoms with Gasteiger partial charge in [-0.3, -0.25) is 0 Å². The minimum atomic E-state index is 0.595. The van der Waals surface area contributed by atoms with E-state index in [-0.39, 0.29) is 0 Å². The van der Waals surface area contributed by atoms with Gasteiger partial charge in [-0.1, -0.05) is 0 Å². The Balaban J connectivity index is 2.33. The summed E-state index contributed by atoms with van der Waals surface area (Å²) in [5.41, 5.74) is 1.85. The molecule has 0 radical (unpaired) electrons. The summed E-state index contributed by atoms with van der Waals surface area (Å²) in [6, 6.07) is 3.87. The molecular weight excluding hydrogens is 180 g/mol. The molecule has 1 aliphatic heterocycles. The van der Waals surface area contributed by atoms with E-state index in [1.54, 1.807) is 0 Å². The van der Waals surface area contributed by atoms with Crippen LogP contribution in [0.2, 0.25) is 0 Å². The van der Waals surface area contributed by atoms with Gasteiger partial charge in [0, 0.05) is 0 Å². The van der Waals surface area contributed by atoms with Gasteiger partial charge in [-0.15, -0.1) is 0 Å². The SMILES string of the molecule is Cc1nc2c3c(ccc2[nH]1)OCCO3. The summed E-state index contributed by atoms with van der Waals surface area (Å²) in [4.78, 5) is 7.53. The Morgan fingerprint density at radius 1 is 1.29 bits per heavy atom. The van der Waals surface area contributed by atoms with Crippen molar-refractivity contribution in [3.63, 3.8) is 0 Å². The molecular formula is C10H10N2O2. The Hall–Kier alpha value is -1.71. The molecule has 0 atom stereocenters. The molecule has 4 nitrogen and oxygen atoms in total. The molecule has 1 aromatic carbocycles. The van der Waals surface area contributed by atoms with Crippen LogP contribution in [-0.2, 0) is 0 Å². The summed E-state index contributed by atoms with van der Waals surface area (Å²) >= 11 is 0. The highest BCUT2D eigenvalue weighted by atomic mass is 16.6. The summed E-state index contributed by atoms with van der Waals surface area (Å²) in [6.07, 6.45) is 0. The first-order valence-corrected chi connectivity index (χ1v) is 4.59. The lowest BCUT2D eigenvalue weighted by Crippen LogP contribution is -2.15. The number of nitrogens with one attached hydrogen (secondary N) is 1. The van der Waals surface area contributed by atoms with Crippen molar-refractivity contribution in [1.29, 1.82) is 0 Å². The van der Waals surface area contributed by atoms with Crippen molar-refractivity contribution in [3.05, 3.63) is 18.0 Å². The van der Waals surface area contributed by atoms with Gasteiger partial charge in [-0.25, -0.2) is 4.98 Å². The zero-order valence-corrected chi connectivity index (χ0v) is 7.83. The number of rotatable bonds is 0. The number of hydrogen-bond acceptors (Lipinski definition) is 3. The van der Waals surface area contributed by atoms with Crippen molar-refractivity contribution in [3.8, 4) is 11.5 Å². The molecule has 72 valence electrons. The molecule has 2 aromatic rings. The minimum absolute atomic E-state index is 0.595. The average molecular weight is 190 g/mol. The van der Waals surface area contributed by atoms with Crippen LogP contribution in [0.25, 0.3) is 11.0 Å². The van der Waals surface area contributed by atoms with Gasteiger partial charge in [0.15, 0.2) is 11.5 Å². The van der Waals surface area contributed by atoms with Gasteiger partial charge in [0.2, 0.25) is 0 Å². The highest BCUT2D eigenvalue weighted by Gasteiger charge is 2.16. The summed E-state index contributed by atoms with van der Waals surface area (Å²) in [5.74, 6) is 2.44. The van der Waals surface area contributed by atoms with Crippen molar-refractivity contribution >= 4 is 11.0 Å². The molecule has 3 rings (SSSR count). The van der Waals surface area contributed by atoms with Gasteiger partial charge < -0.3 is 14.5 Å². The highest BCUT2D eigenvalue weighted by molar-refractivity contribution is 5.85. The normalized spacial score (nSPS) is 14.6. The summed E-state index contributed by atoms with van der Waals surface area (Å²) in [7, 11) is 0. The molecule has 0 aliphatic carbocycles. The number of imidazole rings is 1. The number of aromatic amines is 1. The van der Waals surface area contributed by atoms with Gasteiger partial charge in [0.05, 0.1) is 5.52 Å². The van der Waals surface area contributed by atoms with E-state index in [1.807, 2.05) is 19.1 Å². The standard InChI is InChI=1S/C10H10N2O2/c1-6-11-7-2-3-8-10(9(7)12-6)14-5-4-13-8/h2-3H,4-5H2,1H3,(H,11,12). The molecule has 2 heterocycles. The number of fused-ring (bicyclic) bond motifs is 3. The third-order valence-corrected chi connectivity index (χ3v) is 2.28. The fraction of sp³-hybridized carbons (Fsp3) is 0.300. The maximum atomic E-state index is 5.54. The second kappa shape index (κ2) is 2.64. The third-order valence-electron chi connectivity index (χ3n) is 2.28. The fourth-order valence-electron chi connectivity index (χ4n) is 1.70. The number of nitrogens with zero attached hydrogens (tertiary/aromatic N) is 1. The summed E-state index contributed by atoms with van der Waals surface area (Å²) in [6.45, 7) is 3.13. The maximum Gasteiger partial charge on any atom is 0.189 e. The van der Waals surface area contributed by atoms with E-state index in [2.05, 4.69) is 9.97 Å². The van der Waals surface area contributed by atoms with E-state index >= 15 is 0 Å². The monoisotopic (exact) mass is 190 g/mol. The van der Waals surface area contributed by atoms with E-state index < -0.39 is 0 Å². The first-order chi connectivity index (χ1) is 6.84. The van der Waals surface area contributed by atoms with Crippen LogP contribution in [0, 0.1) is 6.92 Å². The Morgan fingerprint density at radius 2 is 2.14 bits per heavy atom. The lowest BCUT2D eigenvalue weighted by molar-refractivity contribution is 0.173.